The highest BCUT2D eigenvalue weighted by atomic mass is 16.4. The molecule has 1 aromatic rings. The summed E-state index contributed by atoms with van der Waals surface area (Å²) in [4.78, 5) is 10.4. The van der Waals surface area contributed by atoms with Gasteiger partial charge in [-0.05, 0) is 24.1 Å². The molecule has 4 heteroatoms. The van der Waals surface area contributed by atoms with E-state index in [9.17, 15) is 4.79 Å². The fourth-order valence-corrected chi connectivity index (χ4v) is 1.33. The maximum absolute atomic E-state index is 10.4. The summed E-state index contributed by atoms with van der Waals surface area (Å²) in [6.07, 6.45) is -0.104. The topological polar surface area (TPSA) is 89.3 Å². The molecule has 0 saturated heterocycles. The first-order valence-electron chi connectivity index (χ1n) is 4.34. The van der Waals surface area contributed by atoms with Crippen molar-refractivity contribution in [3.63, 3.8) is 0 Å². The van der Waals surface area contributed by atoms with E-state index in [4.69, 9.17) is 16.6 Å². The molecule has 14 heavy (non-hydrogen) atoms. The quantitative estimate of drug-likeness (QED) is 0.627. The molecular formula is C10H14N2O2. The third kappa shape index (κ3) is 2.47. The molecule has 0 amide bonds. The summed E-state index contributed by atoms with van der Waals surface area (Å²) in [6.45, 7) is 1.92. The second-order valence-corrected chi connectivity index (χ2v) is 3.34. The van der Waals surface area contributed by atoms with Crippen LogP contribution in [0.3, 0.4) is 0 Å². The van der Waals surface area contributed by atoms with Crippen LogP contribution in [-0.2, 0) is 4.79 Å². The van der Waals surface area contributed by atoms with Crippen molar-refractivity contribution < 1.29 is 9.90 Å². The minimum Gasteiger partial charge on any atom is -0.481 e. The van der Waals surface area contributed by atoms with E-state index < -0.39 is 12.0 Å². The van der Waals surface area contributed by atoms with Crippen molar-refractivity contribution in [1.82, 2.24) is 0 Å². The molecule has 0 spiro atoms. The van der Waals surface area contributed by atoms with E-state index >= 15 is 0 Å². The van der Waals surface area contributed by atoms with Crippen LogP contribution in [0.15, 0.2) is 18.2 Å². The lowest BCUT2D eigenvalue weighted by Crippen LogP contribution is -2.16. The molecular weight excluding hydrogens is 180 g/mol. The largest absolute Gasteiger partial charge is 0.481 e. The van der Waals surface area contributed by atoms with Gasteiger partial charge >= 0.3 is 5.97 Å². The number of nitrogens with two attached hydrogens (primary N) is 2. The molecule has 76 valence electrons. The van der Waals surface area contributed by atoms with Gasteiger partial charge in [-0.1, -0.05) is 12.1 Å². The van der Waals surface area contributed by atoms with Crippen LogP contribution >= 0.6 is 0 Å². The third-order valence-electron chi connectivity index (χ3n) is 2.04. The molecule has 0 aliphatic carbocycles. The van der Waals surface area contributed by atoms with E-state index in [0.717, 1.165) is 5.56 Å². The maximum Gasteiger partial charge on any atom is 0.305 e. The standard InChI is InChI=1S/C10H14N2O2/c1-6-2-3-7(8(11)4-6)9(12)5-10(13)14/h2-4,9H,5,11-12H2,1H3,(H,13,14). The van der Waals surface area contributed by atoms with Crippen molar-refractivity contribution in [1.29, 1.82) is 0 Å². The van der Waals surface area contributed by atoms with E-state index in [0.29, 0.717) is 11.3 Å². The molecule has 1 rings (SSSR count). The van der Waals surface area contributed by atoms with E-state index in [-0.39, 0.29) is 6.42 Å². The highest BCUT2D eigenvalue weighted by molar-refractivity contribution is 5.68. The Hall–Kier alpha value is -1.55. The fraction of sp³-hybridized carbons (Fsp3) is 0.300. The van der Waals surface area contributed by atoms with Gasteiger partial charge in [-0.2, -0.15) is 0 Å². The Morgan fingerprint density at radius 3 is 2.71 bits per heavy atom. The lowest BCUT2D eigenvalue weighted by atomic mass is 10.0. The Bertz CT molecular complexity index is 350. The molecule has 5 N–H and O–H groups in total. The number of benzene rings is 1. The lowest BCUT2D eigenvalue weighted by Gasteiger charge is -2.12. The van der Waals surface area contributed by atoms with Crippen LogP contribution in [0.2, 0.25) is 0 Å². The Kier molecular flexibility index (Phi) is 3.09. The van der Waals surface area contributed by atoms with Crippen molar-refractivity contribution in [3.05, 3.63) is 29.3 Å². The van der Waals surface area contributed by atoms with Crippen LogP contribution in [0.4, 0.5) is 5.69 Å². The Labute approximate surface area is 82.5 Å². The molecule has 4 nitrogen and oxygen atoms in total. The zero-order valence-electron chi connectivity index (χ0n) is 8.03. The van der Waals surface area contributed by atoms with Gasteiger partial charge in [0, 0.05) is 11.7 Å². The molecule has 1 unspecified atom stereocenters. The zero-order valence-corrected chi connectivity index (χ0v) is 8.03. The number of carboxylic acid groups (broad SMARTS) is 1. The Morgan fingerprint density at radius 1 is 1.57 bits per heavy atom. The van der Waals surface area contributed by atoms with Crippen LogP contribution in [0.1, 0.15) is 23.6 Å². The normalized spacial score (nSPS) is 12.4. The predicted molar refractivity (Wildman–Crippen MR) is 54.8 cm³/mol. The first-order chi connectivity index (χ1) is 6.50. The highest BCUT2D eigenvalue weighted by Gasteiger charge is 2.12. The number of hydrogen-bond donors (Lipinski definition) is 3. The lowest BCUT2D eigenvalue weighted by molar-refractivity contribution is -0.137. The number of nitrogen functional groups attached to an aromatic ring is 1. The number of rotatable bonds is 3. The third-order valence-corrected chi connectivity index (χ3v) is 2.04. The van der Waals surface area contributed by atoms with Gasteiger partial charge in [0.25, 0.3) is 0 Å². The van der Waals surface area contributed by atoms with Crippen molar-refractivity contribution >= 4 is 11.7 Å². The average molecular weight is 194 g/mol. The van der Waals surface area contributed by atoms with Gasteiger partial charge in [0.05, 0.1) is 6.42 Å². The maximum atomic E-state index is 10.4. The number of hydrogen-bond acceptors (Lipinski definition) is 3. The molecule has 0 heterocycles. The van der Waals surface area contributed by atoms with Crippen LogP contribution in [0.25, 0.3) is 0 Å². The van der Waals surface area contributed by atoms with Crippen LogP contribution in [-0.4, -0.2) is 11.1 Å². The summed E-state index contributed by atoms with van der Waals surface area (Å²) in [7, 11) is 0. The van der Waals surface area contributed by atoms with Crippen LogP contribution in [0, 0.1) is 6.92 Å². The number of carbonyl (C=O) groups is 1. The number of aryl methyl sites for hydroxylation is 1. The summed E-state index contributed by atoms with van der Waals surface area (Å²) in [6, 6.07) is 4.90. The number of anilines is 1. The van der Waals surface area contributed by atoms with Crippen molar-refractivity contribution in [2.45, 2.75) is 19.4 Å². The fourth-order valence-electron chi connectivity index (χ4n) is 1.33. The summed E-state index contributed by atoms with van der Waals surface area (Å²) < 4.78 is 0. The van der Waals surface area contributed by atoms with Crippen molar-refractivity contribution in [2.24, 2.45) is 5.73 Å². The van der Waals surface area contributed by atoms with Gasteiger partial charge in [-0.25, -0.2) is 0 Å². The summed E-state index contributed by atoms with van der Waals surface area (Å²) in [5.74, 6) is -0.919. The second kappa shape index (κ2) is 4.11. The van der Waals surface area contributed by atoms with Gasteiger partial charge in [0.15, 0.2) is 0 Å². The minimum absolute atomic E-state index is 0.104. The Balaban J connectivity index is 2.90. The van der Waals surface area contributed by atoms with E-state index in [2.05, 4.69) is 0 Å². The smallest absolute Gasteiger partial charge is 0.305 e. The number of carboxylic acids is 1. The molecule has 0 radical (unpaired) electrons. The summed E-state index contributed by atoms with van der Waals surface area (Å²) in [5, 5.41) is 8.57. The zero-order chi connectivity index (χ0) is 10.7. The van der Waals surface area contributed by atoms with Gasteiger partial charge in [0.2, 0.25) is 0 Å². The summed E-state index contributed by atoms with van der Waals surface area (Å²) in [5.41, 5.74) is 13.7. The molecule has 0 fully saturated rings. The van der Waals surface area contributed by atoms with Crippen molar-refractivity contribution in [3.8, 4) is 0 Å². The van der Waals surface area contributed by atoms with E-state index in [1.54, 1.807) is 12.1 Å². The first kappa shape index (κ1) is 10.5. The number of aliphatic carboxylic acids is 1. The molecule has 0 aliphatic heterocycles. The van der Waals surface area contributed by atoms with Gasteiger partial charge in [-0.15, -0.1) is 0 Å². The average Bonchev–Trinajstić information content (AvgIpc) is 2.01. The van der Waals surface area contributed by atoms with Crippen molar-refractivity contribution in [2.75, 3.05) is 5.73 Å². The summed E-state index contributed by atoms with van der Waals surface area (Å²) >= 11 is 0. The first-order valence-corrected chi connectivity index (χ1v) is 4.34. The monoisotopic (exact) mass is 194 g/mol. The SMILES string of the molecule is Cc1ccc(C(N)CC(=O)O)c(N)c1. The molecule has 0 bridgehead atoms. The molecule has 0 aliphatic rings. The second-order valence-electron chi connectivity index (χ2n) is 3.34. The minimum atomic E-state index is -0.919. The van der Waals surface area contributed by atoms with Crippen LogP contribution < -0.4 is 11.5 Å². The van der Waals surface area contributed by atoms with E-state index in [1.165, 1.54) is 0 Å². The van der Waals surface area contributed by atoms with Gasteiger partial charge in [0.1, 0.15) is 0 Å². The molecule has 1 atom stereocenters. The van der Waals surface area contributed by atoms with Gasteiger partial charge in [-0.3, -0.25) is 4.79 Å². The van der Waals surface area contributed by atoms with E-state index in [1.807, 2.05) is 13.0 Å². The molecule has 1 aromatic carbocycles. The molecule has 0 aromatic heterocycles. The molecule has 0 saturated carbocycles. The Morgan fingerprint density at radius 2 is 2.21 bits per heavy atom. The van der Waals surface area contributed by atoms with Gasteiger partial charge < -0.3 is 16.6 Å². The van der Waals surface area contributed by atoms with Crippen LogP contribution in [0.5, 0.6) is 0 Å². The predicted octanol–water partition coefficient (Wildman–Crippen LogP) is 1.05. The highest BCUT2D eigenvalue weighted by Crippen LogP contribution is 2.21.